The lowest BCUT2D eigenvalue weighted by Gasteiger charge is -2.31. The number of piperidine rings is 1. The molecule has 5 heteroatoms. The second-order valence-electron chi connectivity index (χ2n) is 10.2. The second kappa shape index (κ2) is 8.39. The van der Waals surface area contributed by atoms with Crippen molar-refractivity contribution in [3.05, 3.63) is 40.4 Å². The first-order valence-corrected chi connectivity index (χ1v) is 11.8. The van der Waals surface area contributed by atoms with Gasteiger partial charge in [-0.05, 0) is 52.8 Å². The van der Waals surface area contributed by atoms with Crippen LogP contribution >= 0.6 is 22.9 Å². The molecule has 1 aliphatic rings. The van der Waals surface area contributed by atoms with Crippen molar-refractivity contribution >= 4 is 28.8 Å². The summed E-state index contributed by atoms with van der Waals surface area (Å²) in [5.74, 6) is 0.604. The summed E-state index contributed by atoms with van der Waals surface area (Å²) in [6, 6.07) is 6.96. The van der Waals surface area contributed by atoms with Crippen LogP contribution in [-0.4, -0.2) is 34.8 Å². The fourth-order valence-corrected chi connectivity index (χ4v) is 4.96. The van der Waals surface area contributed by atoms with Crippen LogP contribution < -0.4 is 0 Å². The highest BCUT2D eigenvalue weighted by atomic mass is 35.5. The Morgan fingerprint density at radius 1 is 1.07 bits per heavy atom. The van der Waals surface area contributed by atoms with E-state index in [1.165, 1.54) is 21.6 Å². The normalized spacial score (nSPS) is 16.3. The minimum absolute atomic E-state index is 0.0452. The van der Waals surface area contributed by atoms with Crippen molar-refractivity contribution in [2.75, 3.05) is 19.0 Å². The number of alkyl halides is 1. The summed E-state index contributed by atoms with van der Waals surface area (Å²) in [6.45, 7) is 15.2. The Morgan fingerprint density at radius 3 is 2.10 bits per heavy atom. The molecular weight excluding hydrogens is 400 g/mol. The van der Waals surface area contributed by atoms with E-state index in [1.54, 1.807) is 11.3 Å². The Morgan fingerprint density at radius 2 is 1.62 bits per heavy atom. The van der Waals surface area contributed by atoms with Gasteiger partial charge < -0.3 is 4.90 Å². The largest absolute Gasteiger partial charge is 0.342 e. The lowest BCUT2D eigenvalue weighted by Crippen LogP contribution is -2.38. The molecule has 2 heterocycles. The highest BCUT2D eigenvalue weighted by Crippen LogP contribution is 2.38. The summed E-state index contributed by atoms with van der Waals surface area (Å²) in [6.07, 6.45) is 4.02. The molecule has 0 atom stereocenters. The van der Waals surface area contributed by atoms with Crippen LogP contribution in [0, 0.1) is 0 Å². The third-order valence-corrected chi connectivity index (χ3v) is 7.24. The van der Waals surface area contributed by atoms with Gasteiger partial charge in [0.15, 0.2) is 0 Å². The molecule has 29 heavy (non-hydrogen) atoms. The molecule has 0 saturated carbocycles. The lowest BCUT2D eigenvalue weighted by molar-refractivity contribution is -0.129. The number of hydrogen-bond acceptors (Lipinski definition) is 3. The number of nitrogens with zero attached hydrogens (tertiary/aromatic N) is 2. The summed E-state index contributed by atoms with van der Waals surface area (Å²) in [5.41, 5.74) is 4.11. The van der Waals surface area contributed by atoms with Crippen LogP contribution in [-0.2, 0) is 15.6 Å². The smallest absolute Gasteiger partial charge is 0.237 e. The molecule has 1 amide bonds. The zero-order chi connectivity index (χ0) is 21.4. The van der Waals surface area contributed by atoms with E-state index in [-0.39, 0.29) is 22.6 Å². The summed E-state index contributed by atoms with van der Waals surface area (Å²) >= 11 is 7.51. The predicted molar refractivity (Wildman–Crippen MR) is 124 cm³/mol. The minimum atomic E-state index is 0.0452. The summed E-state index contributed by atoms with van der Waals surface area (Å²) < 4.78 is 0. The van der Waals surface area contributed by atoms with Crippen LogP contribution in [0.5, 0.6) is 0 Å². The predicted octanol–water partition coefficient (Wildman–Crippen LogP) is 6.35. The second-order valence-corrected chi connectivity index (χ2v) is 11.5. The molecule has 2 aromatic rings. The van der Waals surface area contributed by atoms with E-state index in [0.29, 0.717) is 5.92 Å². The van der Waals surface area contributed by atoms with Crippen LogP contribution in [0.25, 0.3) is 10.6 Å². The zero-order valence-electron chi connectivity index (χ0n) is 18.5. The molecule has 158 valence electrons. The fourth-order valence-electron chi connectivity index (χ4n) is 3.72. The molecular formula is C24H33ClN2OS. The molecule has 0 spiro atoms. The quantitative estimate of drug-likeness (QED) is 0.529. The first-order chi connectivity index (χ1) is 13.5. The lowest BCUT2D eigenvalue weighted by atomic mass is 9.79. The Labute approximate surface area is 184 Å². The molecule has 1 aliphatic heterocycles. The highest BCUT2D eigenvalue weighted by molar-refractivity contribution is 7.15. The maximum atomic E-state index is 11.8. The average molecular weight is 433 g/mol. The molecule has 3 rings (SSSR count). The van der Waals surface area contributed by atoms with Gasteiger partial charge in [0.1, 0.15) is 10.9 Å². The van der Waals surface area contributed by atoms with Gasteiger partial charge in [0, 0.05) is 29.7 Å². The topological polar surface area (TPSA) is 33.2 Å². The molecule has 0 N–H and O–H groups in total. The maximum absolute atomic E-state index is 11.8. The number of aromatic nitrogens is 1. The SMILES string of the molecule is CC(C)(C)c1cc(-c2ncc(C3CCN(C(=O)CCl)CC3)s2)cc(C(C)(C)C)c1. The third-order valence-electron chi connectivity index (χ3n) is 5.80. The molecule has 0 aliphatic carbocycles. The van der Waals surface area contributed by atoms with Crippen molar-refractivity contribution in [3.8, 4) is 10.6 Å². The van der Waals surface area contributed by atoms with Gasteiger partial charge in [-0.3, -0.25) is 4.79 Å². The maximum Gasteiger partial charge on any atom is 0.237 e. The van der Waals surface area contributed by atoms with Gasteiger partial charge in [0.05, 0.1) is 0 Å². The van der Waals surface area contributed by atoms with Crippen molar-refractivity contribution in [3.63, 3.8) is 0 Å². The summed E-state index contributed by atoms with van der Waals surface area (Å²) in [5, 5.41) is 1.09. The van der Waals surface area contributed by atoms with E-state index in [2.05, 4.69) is 59.7 Å². The van der Waals surface area contributed by atoms with E-state index < -0.39 is 0 Å². The molecule has 1 saturated heterocycles. The van der Waals surface area contributed by atoms with Gasteiger partial charge in [-0.15, -0.1) is 22.9 Å². The molecule has 1 aromatic carbocycles. The van der Waals surface area contributed by atoms with Crippen molar-refractivity contribution in [2.45, 2.75) is 71.1 Å². The number of rotatable bonds is 3. The van der Waals surface area contributed by atoms with Crippen molar-refractivity contribution in [2.24, 2.45) is 0 Å². The molecule has 3 nitrogen and oxygen atoms in total. The van der Waals surface area contributed by atoms with Gasteiger partial charge in [0.25, 0.3) is 0 Å². The highest BCUT2D eigenvalue weighted by Gasteiger charge is 2.26. The molecule has 1 fully saturated rings. The van der Waals surface area contributed by atoms with Gasteiger partial charge in [-0.2, -0.15) is 0 Å². The van der Waals surface area contributed by atoms with E-state index in [1.807, 2.05) is 11.1 Å². The van der Waals surface area contributed by atoms with Gasteiger partial charge in [-0.1, -0.05) is 47.6 Å². The Hall–Kier alpha value is -1.39. The monoisotopic (exact) mass is 432 g/mol. The Kier molecular flexibility index (Phi) is 6.45. The van der Waals surface area contributed by atoms with Crippen molar-refractivity contribution in [1.29, 1.82) is 0 Å². The number of halogens is 1. The van der Waals surface area contributed by atoms with Crippen molar-refractivity contribution < 1.29 is 4.79 Å². The number of amides is 1. The van der Waals surface area contributed by atoms with E-state index in [4.69, 9.17) is 16.6 Å². The van der Waals surface area contributed by atoms with Crippen LogP contribution in [0.2, 0.25) is 0 Å². The standard InChI is InChI=1S/C24H33ClN2OS/c1-23(2,3)18-11-17(12-19(13-18)24(4,5)6)22-26-15-20(29-22)16-7-9-27(10-8-16)21(28)14-25/h11-13,15-16H,7-10,14H2,1-6H3. The summed E-state index contributed by atoms with van der Waals surface area (Å²) in [4.78, 5) is 19.8. The van der Waals surface area contributed by atoms with E-state index in [0.717, 1.165) is 30.9 Å². The van der Waals surface area contributed by atoms with Gasteiger partial charge >= 0.3 is 0 Å². The Bertz CT molecular complexity index is 835. The average Bonchev–Trinajstić information content (AvgIpc) is 3.16. The molecule has 0 radical (unpaired) electrons. The van der Waals surface area contributed by atoms with Crippen LogP contribution in [0.4, 0.5) is 0 Å². The number of benzene rings is 1. The zero-order valence-corrected chi connectivity index (χ0v) is 20.1. The molecule has 1 aromatic heterocycles. The number of likely N-dealkylation sites (tertiary alicyclic amines) is 1. The van der Waals surface area contributed by atoms with E-state index in [9.17, 15) is 4.79 Å². The number of hydrogen-bond donors (Lipinski definition) is 0. The van der Waals surface area contributed by atoms with Gasteiger partial charge in [0.2, 0.25) is 5.91 Å². The number of thiazole rings is 1. The minimum Gasteiger partial charge on any atom is -0.342 e. The first kappa shape index (κ1) is 22.3. The van der Waals surface area contributed by atoms with Gasteiger partial charge in [-0.25, -0.2) is 4.98 Å². The third kappa shape index (κ3) is 5.21. The van der Waals surface area contributed by atoms with Crippen LogP contribution in [0.3, 0.4) is 0 Å². The van der Waals surface area contributed by atoms with E-state index >= 15 is 0 Å². The first-order valence-electron chi connectivity index (χ1n) is 10.4. The number of carbonyl (C=O) groups is 1. The molecule has 0 bridgehead atoms. The fraction of sp³-hybridized carbons (Fsp3) is 0.583. The van der Waals surface area contributed by atoms with Crippen LogP contribution in [0.1, 0.15) is 76.3 Å². The Balaban J connectivity index is 1.86. The van der Waals surface area contributed by atoms with Crippen molar-refractivity contribution in [1.82, 2.24) is 9.88 Å². The number of carbonyl (C=O) groups excluding carboxylic acids is 1. The summed E-state index contributed by atoms with van der Waals surface area (Å²) in [7, 11) is 0. The molecule has 0 unspecified atom stereocenters. The van der Waals surface area contributed by atoms with Crippen LogP contribution in [0.15, 0.2) is 24.4 Å².